The average Bonchev–Trinajstić information content (AvgIpc) is 3.21. The van der Waals surface area contributed by atoms with E-state index in [1.54, 1.807) is 10.9 Å². The Kier molecular flexibility index (Phi) is 3.76. The third-order valence-corrected chi connectivity index (χ3v) is 5.17. The molecule has 1 saturated carbocycles. The second-order valence-corrected chi connectivity index (χ2v) is 7.13. The molecule has 0 radical (unpaired) electrons. The summed E-state index contributed by atoms with van der Waals surface area (Å²) in [7, 11) is 0. The fourth-order valence-electron chi connectivity index (χ4n) is 3.41. The number of likely N-dealkylation sites (tertiary alicyclic amines) is 1. The molecular weight excluding hydrogens is 348 g/mol. The first kappa shape index (κ1) is 16.2. The standard InChI is InChI=1S/C17H20N8O2/c1-2-15-18-16(27-22-15)14-9-25(23-21-14)11-5-6-24(8-11)17(26)13-7-12(19-20-13)10-3-4-10/h7,9-11H,2-6,8H2,1H3,(H,19,20). The van der Waals surface area contributed by atoms with Crippen molar-refractivity contribution in [1.29, 1.82) is 0 Å². The van der Waals surface area contributed by atoms with Crippen LogP contribution in [0.1, 0.15) is 60.2 Å². The monoisotopic (exact) mass is 368 g/mol. The molecule has 1 aliphatic heterocycles. The Bertz CT molecular complexity index is 969. The first-order valence-electron chi connectivity index (χ1n) is 9.30. The number of hydrogen-bond acceptors (Lipinski definition) is 7. The predicted molar refractivity (Wildman–Crippen MR) is 92.8 cm³/mol. The van der Waals surface area contributed by atoms with E-state index in [4.69, 9.17) is 4.52 Å². The molecule has 1 saturated heterocycles. The second kappa shape index (κ2) is 6.29. The van der Waals surface area contributed by atoms with E-state index >= 15 is 0 Å². The average molecular weight is 368 g/mol. The fraction of sp³-hybridized carbons (Fsp3) is 0.529. The van der Waals surface area contributed by atoms with E-state index in [2.05, 4.69) is 30.7 Å². The normalized spacial score (nSPS) is 19.7. The summed E-state index contributed by atoms with van der Waals surface area (Å²) in [6.45, 7) is 3.21. The molecule has 1 unspecified atom stereocenters. The molecule has 1 N–H and O–H groups in total. The number of hydrogen-bond donors (Lipinski definition) is 1. The van der Waals surface area contributed by atoms with Crippen LogP contribution in [0.25, 0.3) is 11.6 Å². The quantitative estimate of drug-likeness (QED) is 0.726. The van der Waals surface area contributed by atoms with Crippen molar-refractivity contribution in [3.05, 3.63) is 29.5 Å². The smallest absolute Gasteiger partial charge is 0.280 e. The highest BCUT2D eigenvalue weighted by atomic mass is 16.5. The number of carbonyl (C=O) groups excluding carboxylic acids is 1. The van der Waals surface area contributed by atoms with Gasteiger partial charge in [0, 0.05) is 31.1 Å². The number of amides is 1. The van der Waals surface area contributed by atoms with Gasteiger partial charge in [-0.3, -0.25) is 9.89 Å². The summed E-state index contributed by atoms with van der Waals surface area (Å²) in [6, 6.07) is 1.97. The summed E-state index contributed by atoms with van der Waals surface area (Å²) >= 11 is 0. The van der Waals surface area contributed by atoms with Crippen LogP contribution >= 0.6 is 0 Å². The predicted octanol–water partition coefficient (Wildman–Crippen LogP) is 1.58. The van der Waals surface area contributed by atoms with Gasteiger partial charge in [0.25, 0.3) is 11.8 Å². The van der Waals surface area contributed by atoms with Gasteiger partial charge in [-0.05, 0) is 25.3 Å². The van der Waals surface area contributed by atoms with Crippen molar-refractivity contribution in [1.82, 2.24) is 40.2 Å². The molecule has 5 rings (SSSR count). The highest BCUT2D eigenvalue weighted by Crippen LogP contribution is 2.39. The second-order valence-electron chi connectivity index (χ2n) is 7.13. The van der Waals surface area contributed by atoms with Crippen molar-refractivity contribution in [2.24, 2.45) is 0 Å². The molecule has 3 aromatic rings. The minimum Gasteiger partial charge on any atom is -0.335 e. The topological polar surface area (TPSA) is 119 Å². The van der Waals surface area contributed by atoms with Gasteiger partial charge >= 0.3 is 0 Å². The molecule has 3 aromatic heterocycles. The summed E-state index contributed by atoms with van der Waals surface area (Å²) in [6.07, 6.45) is 5.67. The molecule has 4 heterocycles. The first-order chi connectivity index (χ1) is 13.2. The van der Waals surface area contributed by atoms with Crippen LogP contribution < -0.4 is 0 Å². The van der Waals surface area contributed by atoms with Crippen LogP contribution in [0.15, 0.2) is 16.8 Å². The van der Waals surface area contributed by atoms with Gasteiger partial charge in [0.15, 0.2) is 11.5 Å². The maximum absolute atomic E-state index is 12.7. The number of aryl methyl sites for hydroxylation is 1. The number of nitrogens with one attached hydrogen (secondary N) is 1. The van der Waals surface area contributed by atoms with Crippen molar-refractivity contribution in [2.75, 3.05) is 13.1 Å². The number of rotatable bonds is 5. The van der Waals surface area contributed by atoms with Gasteiger partial charge in [-0.1, -0.05) is 17.3 Å². The number of H-pyrrole nitrogens is 1. The third kappa shape index (κ3) is 3.00. The van der Waals surface area contributed by atoms with Crippen LogP contribution in [0.4, 0.5) is 0 Å². The van der Waals surface area contributed by atoms with Crippen LogP contribution in [0.3, 0.4) is 0 Å². The molecule has 10 heteroatoms. The molecule has 2 fully saturated rings. The third-order valence-electron chi connectivity index (χ3n) is 5.17. The van der Waals surface area contributed by atoms with Gasteiger partial charge in [-0.15, -0.1) is 5.10 Å². The van der Waals surface area contributed by atoms with Crippen molar-refractivity contribution in [3.8, 4) is 11.6 Å². The SMILES string of the molecule is CCc1noc(-c2cn(C3CCN(C(=O)c4cc(C5CC5)[nH]n4)C3)nn2)n1. The zero-order valence-corrected chi connectivity index (χ0v) is 15.0. The molecule has 1 amide bonds. The molecule has 1 atom stereocenters. The molecule has 0 aromatic carbocycles. The molecule has 0 bridgehead atoms. The molecule has 10 nitrogen and oxygen atoms in total. The Morgan fingerprint density at radius 1 is 1.37 bits per heavy atom. The maximum Gasteiger partial charge on any atom is 0.280 e. The first-order valence-corrected chi connectivity index (χ1v) is 9.30. The Labute approximate surface area is 154 Å². The van der Waals surface area contributed by atoms with E-state index < -0.39 is 0 Å². The highest BCUT2D eigenvalue weighted by Gasteiger charge is 2.32. The lowest BCUT2D eigenvalue weighted by atomic mass is 10.2. The number of aromatic amines is 1. The Morgan fingerprint density at radius 3 is 3.04 bits per heavy atom. The van der Waals surface area contributed by atoms with E-state index in [0.29, 0.717) is 48.5 Å². The zero-order chi connectivity index (χ0) is 18.4. The largest absolute Gasteiger partial charge is 0.335 e. The fourth-order valence-corrected chi connectivity index (χ4v) is 3.41. The molecule has 140 valence electrons. The van der Waals surface area contributed by atoms with E-state index in [0.717, 1.165) is 12.1 Å². The Hall–Kier alpha value is -3.04. The summed E-state index contributed by atoms with van der Waals surface area (Å²) in [4.78, 5) is 18.8. The van der Waals surface area contributed by atoms with Gasteiger partial charge in [0.2, 0.25) is 0 Å². The minimum absolute atomic E-state index is 0.0366. The van der Waals surface area contributed by atoms with Crippen LogP contribution in [0.2, 0.25) is 0 Å². The molecule has 1 aliphatic carbocycles. The van der Waals surface area contributed by atoms with Gasteiger partial charge < -0.3 is 9.42 Å². The number of aromatic nitrogens is 7. The molecular formula is C17H20N8O2. The molecule has 27 heavy (non-hydrogen) atoms. The van der Waals surface area contributed by atoms with Crippen LogP contribution in [0.5, 0.6) is 0 Å². The van der Waals surface area contributed by atoms with E-state index in [-0.39, 0.29) is 11.9 Å². The van der Waals surface area contributed by atoms with Gasteiger partial charge in [0.05, 0.1) is 12.2 Å². The summed E-state index contributed by atoms with van der Waals surface area (Å²) in [5.74, 6) is 1.53. The summed E-state index contributed by atoms with van der Waals surface area (Å²) in [5.41, 5.74) is 2.11. The highest BCUT2D eigenvalue weighted by molar-refractivity contribution is 5.92. The number of nitrogens with zero attached hydrogens (tertiary/aromatic N) is 7. The molecule has 0 spiro atoms. The minimum atomic E-state index is -0.0366. The van der Waals surface area contributed by atoms with Crippen LogP contribution in [-0.2, 0) is 6.42 Å². The van der Waals surface area contributed by atoms with Gasteiger partial charge in [0.1, 0.15) is 5.69 Å². The van der Waals surface area contributed by atoms with E-state index in [1.807, 2.05) is 17.9 Å². The maximum atomic E-state index is 12.7. The van der Waals surface area contributed by atoms with E-state index in [9.17, 15) is 4.79 Å². The Balaban J connectivity index is 1.27. The van der Waals surface area contributed by atoms with E-state index in [1.165, 1.54) is 12.8 Å². The van der Waals surface area contributed by atoms with Crippen molar-refractivity contribution >= 4 is 5.91 Å². The lowest BCUT2D eigenvalue weighted by Crippen LogP contribution is -2.29. The number of carbonyl (C=O) groups is 1. The van der Waals surface area contributed by atoms with Crippen molar-refractivity contribution in [2.45, 2.75) is 44.6 Å². The lowest BCUT2D eigenvalue weighted by Gasteiger charge is -2.14. The molecule has 2 aliphatic rings. The summed E-state index contributed by atoms with van der Waals surface area (Å²) < 4.78 is 6.98. The van der Waals surface area contributed by atoms with Gasteiger partial charge in [-0.25, -0.2) is 4.68 Å². The van der Waals surface area contributed by atoms with Gasteiger partial charge in [-0.2, -0.15) is 10.1 Å². The summed E-state index contributed by atoms with van der Waals surface area (Å²) in [5, 5.41) is 19.4. The zero-order valence-electron chi connectivity index (χ0n) is 15.0. The lowest BCUT2D eigenvalue weighted by molar-refractivity contribution is 0.0781. The van der Waals surface area contributed by atoms with Crippen LogP contribution in [-0.4, -0.2) is 59.2 Å². The van der Waals surface area contributed by atoms with Crippen LogP contribution in [0, 0.1) is 0 Å². The van der Waals surface area contributed by atoms with Crippen molar-refractivity contribution < 1.29 is 9.32 Å². The Morgan fingerprint density at radius 2 is 2.26 bits per heavy atom. The van der Waals surface area contributed by atoms with Crippen molar-refractivity contribution in [3.63, 3.8) is 0 Å².